The van der Waals surface area contributed by atoms with Crippen molar-refractivity contribution in [3.05, 3.63) is 59.6 Å². The first-order chi connectivity index (χ1) is 12.3. The van der Waals surface area contributed by atoms with Crippen molar-refractivity contribution in [1.82, 2.24) is 9.78 Å². The molecule has 0 saturated carbocycles. The summed E-state index contributed by atoms with van der Waals surface area (Å²) < 4.78 is 7.47. The van der Waals surface area contributed by atoms with E-state index >= 15 is 0 Å². The van der Waals surface area contributed by atoms with Gasteiger partial charge in [0.05, 0.1) is 6.20 Å². The van der Waals surface area contributed by atoms with E-state index < -0.39 is 0 Å². The molecule has 1 aromatic carbocycles. The number of quaternary nitrogens is 1. The number of aromatic nitrogens is 3. The van der Waals surface area contributed by atoms with Crippen molar-refractivity contribution in [2.75, 3.05) is 31.1 Å². The minimum atomic E-state index is 0.435. The van der Waals surface area contributed by atoms with Gasteiger partial charge in [0, 0.05) is 11.6 Å². The molecule has 0 amide bonds. The van der Waals surface area contributed by atoms with Crippen LogP contribution < -0.4 is 14.8 Å². The second-order valence-electron chi connectivity index (χ2n) is 6.18. The highest BCUT2D eigenvalue weighted by atomic mass is 32.1. The molecule has 0 spiro atoms. The van der Waals surface area contributed by atoms with Crippen LogP contribution in [0.2, 0.25) is 0 Å². The van der Waals surface area contributed by atoms with Crippen LogP contribution in [0, 0.1) is 4.84 Å². The standard InChI is InChI=1S/C18H19N5OS/c25-18-23(20-17(24-18)15-6-2-1-3-7-15)14-21-10-12-22(13-11-21)16-8-4-5-9-19-16/h1-9H,10-14H2/p+2. The number of hydrogen-bond donors (Lipinski definition) is 1. The first-order valence-electron chi connectivity index (χ1n) is 8.48. The molecule has 0 radical (unpaired) electrons. The average Bonchev–Trinajstić information content (AvgIpc) is 3.04. The number of anilines is 1. The molecule has 3 heterocycles. The zero-order chi connectivity index (χ0) is 17.1. The van der Waals surface area contributed by atoms with Gasteiger partial charge in [0.15, 0.2) is 6.67 Å². The molecule has 1 fully saturated rings. The molecule has 4 rings (SSSR count). The Bertz CT molecular complexity index is 869. The Hall–Kier alpha value is -2.51. The summed E-state index contributed by atoms with van der Waals surface area (Å²) in [5, 5.41) is 4.56. The maximum absolute atomic E-state index is 5.67. The summed E-state index contributed by atoms with van der Waals surface area (Å²) in [6, 6.07) is 16.1. The molecule has 0 aliphatic carbocycles. The van der Waals surface area contributed by atoms with Crippen LogP contribution >= 0.6 is 12.2 Å². The molecule has 7 heteroatoms. The van der Waals surface area contributed by atoms with Crippen molar-refractivity contribution >= 4 is 18.0 Å². The van der Waals surface area contributed by atoms with Crippen LogP contribution in [0.1, 0.15) is 0 Å². The summed E-state index contributed by atoms with van der Waals surface area (Å²) >= 11 is 5.35. The normalized spacial score (nSPS) is 15.4. The van der Waals surface area contributed by atoms with Crippen molar-refractivity contribution < 1.29 is 14.3 Å². The van der Waals surface area contributed by atoms with Crippen molar-refractivity contribution in [2.24, 2.45) is 0 Å². The molecule has 0 bridgehead atoms. The summed E-state index contributed by atoms with van der Waals surface area (Å²) in [6.45, 7) is 4.83. The lowest BCUT2D eigenvalue weighted by molar-refractivity contribution is -0.924. The second kappa shape index (κ2) is 7.16. The SMILES string of the molecule is S=c1oc(-c2ccccc2)nn1C[NH+]1CCN(c2cccc[nH+]2)CC1. The molecule has 1 aliphatic rings. The van der Waals surface area contributed by atoms with Gasteiger partial charge in [0.25, 0.3) is 10.7 Å². The minimum Gasteiger partial charge on any atom is -0.409 e. The van der Waals surface area contributed by atoms with Gasteiger partial charge in [-0.1, -0.05) is 24.3 Å². The summed E-state index contributed by atoms with van der Waals surface area (Å²) in [7, 11) is 0. The largest absolute Gasteiger partial charge is 0.409 e. The lowest BCUT2D eigenvalue weighted by atomic mass is 10.2. The van der Waals surface area contributed by atoms with Gasteiger partial charge in [-0.2, -0.15) is 4.68 Å². The number of benzene rings is 1. The molecule has 2 aromatic heterocycles. The van der Waals surface area contributed by atoms with Gasteiger partial charge in [0.1, 0.15) is 26.2 Å². The van der Waals surface area contributed by atoms with Crippen molar-refractivity contribution in [3.8, 4) is 11.5 Å². The highest BCUT2D eigenvalue weighted by Gasteiger charge is 2.26. The van der Waals surface area contributed by atoms with Crippen LogP contribution in [-0.2, 0) is 6.67 Å². The number of pyridine rings is 1. The van der Waals surface area contributed by atoms with Crippen LogP contribution in [0.4, 0.5) is 5.82 Å². The zero-order valence-electron chi connectivity index (χ0n) is 13.9. The topological polar surface area (TPSA) is 52.8 Å². The predicted octanol–water partition coefficient (Wildman–Crippen LogP) is 1.05. The molecular formula is C18H21N5OS+2. The quantitative estimate of drug-likeness (QED) is 0.711. The molecule has 3 aromatic rings. The minimum absolute atomic E-state index is 0.435. The van der Waals surface area contributed by atoms with Gasteiger partial charge in [-0.3, -0.25) is 4.90 Å². The Balaban J connectivity index is 1.41. The summed E-state index contributed by atoms with van der Waals surface area (Å²) in [6.07, 6.45) is 1.97. The molecule has 2 N–H and O–H groups in total. The molecule has 1 aliphatic heterocycles. The average molecular weight is 355 g/mol. The van der Waals surface area contributed by atoms with Gasteiger partial charge in [-0.25, -0.2) is 4.98 Å². The lowest BCUT2D eigenvalue weighted by Gasteiger charge is -2.27. The van der Waals surface area contributed by atoms with E-state index in [1.54, 1.807) is 4.68 Å². The summed E-state index contributed by atoms with van der Waals surface area (Å²) in [5.74, 6) is 1.76. The maximum Gasteiger partial charge on any atom is 0.292 e. The highest BCUT2D eigenvalue weighted by molar-refractivity contribution is 7.71. The summed E-state index contributed by atoms with van der Waals surface area (Å²) in [4.78, 5) is 7.57. The van der Waals surface area contributed by atoms with Gasteiger partial charge in [-0.05, 0) is 30.4 Å². The van der Waals surface area contributed by atoms with E-state index in [-0.39, 0.29) is 0 Å². The lowest BCUT2D eigenvalue weighted by Crippen LogP contribution is -3.14. The molecule has 6 nitrogen and oxygen atoms in total. The van der Waals surface area contributed by atoms with E-state index in [1.165, 1.54) is 10.7 Å². The van der Waals surface area contributed by atoms with Crippen LogP contribution in [0.5, 0.6) is 0 Å². The number of rotatable bonds is 4. The Morgan fingerprint density at radius 3 is 2.56 bits per heavy atom. The number of hydrogen-bond acceptors (Lipinski definition) is 4. The molecule has 0 unspecified atom stereocenters. The van der Waals surface area contributed by atoms with E-state index in [4.69, 9.17) is 16.6 Å². The van der Waals surface area contributed by atoms with E-state index in [9.17, 15) is 0 Å². The Morgan fingerprint density at radius 2 is 1.84 bits per heavy atom. The number of nitrogens with one attached hydrogen (secondary N) is 2. The first-order valence-corrected chi connectivity index (χ1v) is 8.89. The molecule has 25 heavy (non-hydrogen) atoms. The molecule has 0 atom stereocenters. The smallest absolute Gasteiger partial charge is 0.292 e. The first kappa shape index (κ1) is 16.0. The number of piperazine rings is 1. The third-order valence-electron chi connectivity index (χ3n) is 4.50. The number of aromatic amines is 1. The fraction of sp³-hybridized carbons (Fsp3) is 0.278. The monoisotopic (exact) mass is 355 g/mol. The predicted molar refractivity (Wildman–Crippen MR) is 96.7 cm³/mol. The van der Waals surface area contributed by atoms with Gasteiger partial charge >= 0.3 is 0 Å². The highest BCUT2D eigenvalue weighted by Crippen LogP contribution is 2.16. The van der Waals surface area contributed by atoms with E-state index in [1.807, 2.05) is 42.6 Å². The van der Waals surface area contributed by atoms with Crippen molar-refractivity contribution in [2.45, 2.75) is 6.67 Å². The van der Waals surface area contributed by atoms with Crippen LogP contribution in [0.3, 0.4) is 0 Å². The van der Waals surface area contributed by atoms with Crippen LogP contribution in [-0.4, -0.2) is 36.0 Å². The fourth-order valence-electron chi connectivity index (χ4n) is 3.12. The Kier molecular flexibility index (Phi) is 4.58. The van der Waals surface area contributed by atoms with Gasteiger partial charge in [-0.15, -0.1) is 5.10 Å². The zero-order valence-corrected chi connectivity index (χ0v) is 14.7. The van der Waals surface area contributed by atoms with Gasteiger partial charge < -0.3 is 9.32 Å². The van der Waals surface area contributed by atoms with Crippen LogP contribution in [0.25, 0.3) is 11.5 Å². The Labute approximate surface area is 151 Å². The van der Waals surface area contributed by atoms with Crippen LogP contribution in [0.15, 0.2) is 59.1 Å². The van der Waals surface area contributed by atoms with Crippen molar-refractivity contribution in [1.29, 1.82) is 0 Å². The number of nitrogens with zero attached hydrogens (tertiary/aromatic N) is 3. The van der Waals surface area contributed by atoms with E-state index in [0.717, 1.165) is 38.4 Å². The third-order valence-corrected chi connectivity index (χ3v) is 4.80. The number of H-pyrrole nitrogens is 1. The van der Waals surface area contributed by atoms with E-state index in [2.05, 4.69) is 27.1 Å². The Morgan fingerprint density at radius 1 is 1.08 bits per heavy atom. The van der Waals surface area contributed by atoms with E-state index in [0.29, 0.717) is 10.7 Å². The second-order valence-corrected chi connectivity index (χ2v) is 6.53. The van der Waals surface area contributed by atoms with Gasteiger partial charge in [0.2, 0.25) is 5.89 Å². The third kappa shape index (κ3) is 3.62. The molecule has 1 saturated heterocycles. The molecular weight excluding hydrogens is 334 g/mol. The maximum atomic E-state index is 5.67. The van der Waals surface area contributed by atoms with Crippen molar-refractivity contribution in [3.63, 3.8) is 0 Å². The summed E-state index contributed by atoms with van der Waals surface area (Å²) in [5.41, 5.74) is 0.951. The fourth-order valence-corrected chi connectivity index (χ4v) is 3.30. The molecule has 128 valence electrons.